The van der Waals surface area contributed by atoms with Gasteiger partial charge in [0.1, 0.15) is 6.29 Å². The van der Waals surface area contributed by atoms with E-state index in [1.165, 1.54) is 0 Å². The Hall–Kier alpha value is -0.900. The summed E-state index contributed by atoms with van der Waals surface area (Å²) in [5.74, 6) is -0.918. The molecule has 0 heterocycles. The molecule has 4 nitrogen and oxygen atoms in total. The molecule has 4 heteroatoms. The smallest absolute Gasteiger partial charge is 0.246 e. The molecule has 2 atom stereocenters. The maximum absolute atomic E-state index is 11.0. The van der Waals surface area contributed by atoms with E-state index >= 15 is 0 Å². The number of amides is 1. The van der Waals surface area contributed by atoms with Gasteiger partial charge in [0.25, 0.3) is 0 Å². The summed E-state index contributed by atoms with van der Waals surface area (Å²) >= 11 is 0. The Morgan fingerprint density at radius 1 is 1.46 bits per heavy atom. The van der Waals surface area contributed by atoms with Gasteiger partial charge in [0.15, 0.2) is 0 Å². The Bertz CT molecular complexity index is 180. The van der Waals surface area contributed by atoms with Gasteiger partial charge in [-0.2, -0.15) is 0 Å². The number of hydrogen-bond donors (Lipinski definition) is 2. The highest BCUT2D eigenvalue weighted by molar-refractivity contribution is 5.80. The Morgan fingerprint density at radius 3 is 2.31 bits per heavy atom. The van der Waals surface area contributed by atoms with Gasteiger partial charge in [0.05, 0.1) is 0 Å². The fourth-order valence-electron chi connectivity index (χ4n) is 1.22. The fourth-order valence-corrected chi connectivity index (χ4v) is 1.22. The second-order valence-corrected chi connectivity index (χ2v) is 3.69. The summed E-state index contributed by atoms with van der Waals surface area (Å²) < 4.78 is 0. The molecule has 0 aromatic carbocycles. The SMILES string of the molecule is CC(C)CC(C=O)C(C)C(=O)NO. The lowest BCUT2D eigenvalue weighted by Gasteiger charge is -2.18. The van der Waals surface area contributed by atoms with Crippen molar-refractivity contribution in [2.45, 2.75) is 27.2 Å². The van der Waals surface area contributed by atoms with Gasteiger partial charge in [-0.15, -0.1) is 0 Å². The molecule has 0 saturated carbocycles. The van der Waals surface area contributed by atoms with Crippen molar-refractivity contribution in [3.63, 3.8) is 0 Å². The van der Waals surface area contributed by atoms with E-state index in [1.54, 1.807) is 12.4 Å². The average molecular weight is 187 g/mol. The first-order valence-corrected chi connectivity index (χ1v) is 4.42. The van der Waals surface area contributed by atoms with E-state index in [1.807, 2.05) is 13.8 Å². The number of rotatable bonds is 5. The van der Waals surface area contributed by atoms with E-state index < -0.39 is 11.8 Å². The summed E-state index contributed by atoms with van der Waals surface area (Å²) in [6.45, 7) is 5.60. The summed E-state index contributed by atoms with van der Waals surface area (Å²) in [5, 5.41) is 8.37. The maximum Gasteiger partial charge on any atom is 0.246 e. The van der Waals surface area contributed by atoms with E-state index in [4.69, 9.17) is 5.21 Å². The monoisotopic (exact) mass is 187 g/mol. The lowest BCUT2D eigenvalue weighted by atomic mass is 9.87. The standard InChI is InChI=1S/C9H17NO3/c1-6(2)4-8(5-11)7(3)9(12)10-13/h5-8,13H,4H2,1-3H3,(H,10,12). The lowest BCUT2D eigenvalue weighted by Crippen LogP contribution is -2.32. The zero-order chi connectivity index (χ0) is 10.4. The van der Waals surface area contributed by atoms with Crippen LogP contribution in [0, 0.1) is 17.8 Å². The van der Waals surface area contributed by atoms with E-state index in [2.05, 4.69) is 0 Å². The van der Waals surface area contributed by atoms with E-state index in [0.29, 0.717) is 12.3 Å². The Labute approximate surface area is 78.3 Å². The Morgan fingerprint density at radius 2 is 2.00 bits per heavy atom. The highest BCUT2D eigenvalue weighted by atomic mass is 16.5. The fraction of sp³-hybridized carbons (Fsp3) is 0.778. The largest absolute Gasteiger partial charge is 0.303 e. The molecule has 2 unspecified atom stereocenters. The molecule has 0 aromatic rings. The maximum atomic E-state index is 11.0. The summed E-state index contributed by atoms with van der Waals surface area (Å²) in [5.41, 5.74) is 1.55. The first-order chi connectivity index (χ1) is 6.02. The number of hydroxylamine groups is 1. The van der Waals surface area contributed by atoms with Crippen molar-refractivity contribution in [2.75, 3.05) is 0 Å². The van der Waals surface area contributed by atoms with Crippen LogP contribution >= 0.6 is 0 Å². The zero-order valence-electron chi connectivity index (χ0n) is 8.28. The van der Waals surface area contributed by atoms with Gasteiger partial charge >= 0.3 is 0 Å². The number of carbonyl (C=O) groups is 2. The minimum absolute atomic E-state index is 0.313. The van der Waals surface area contributed by atoms with Gasteiger partial charge in [-0.25, -0.2) is 5.48 Å². The second kappa shape index (κ2) is 5.70. The van der Waals surface area contributed by atoms with Gasteiger partial charge in [-0.05, 0) is 12.3 Å². The van der Waals surface area contributed by atoms with Crippen LogP contribution in [0.25, 0.3) is 0 Å². The molecule has 0 rings (SSSR count). The first kappa shape index (κ1) is 12.1. The van der Waals surface area contributed by atoms with Gasteiger partial charge in [0, 0.05) is 11.8 Å². The number of aldehydes is 1. The molecule has 0 fully saturated rings. The Kier molecular flexibility index (Phi) is 5.30. The summed E-state index contributed by atoms with van der Waals surface area (Å²) in [6, 6.07) is 0. The van der Waals surface area contributed by atoms with Crippen molar-refractivity contribution in [1.29, 1.82) is 0 Å². The van der Waals surface area contributed by atoms with Gasteiger partial charge in [0.2, 0.25) is 5.91 Å². The molecule has 0 aliphatic carbocycles. The van der Waals surface area contributed by atoms with Gasteiger partial charge in [-0.1, -0.05) is 20.8 Å². The molecule has 0 aliphatic rings. The van der Waals surface area contributed by atoms with Crippen LogP contribution in [-0.2, 0) is 9.59 Å². The molecule has 0 saturated heterocycles. The average Bonchev–Trinajstić information content (AvgIpc) is 2.11. The highest BCUT2D eigenvalue weighted by Crippen LogP contribution is 2.18. The normalized spacial score (nSPS) is 15.2. The molecule has 2 N–H and O–H groups in total. The van der Waals surface area contributed by atoms with E-state index in [0.717, 1.165) is 6.29 Å². The molecule has 0 bridgehead atoms. The van der Waals surface area contributed by atoms with Crippen molar-refractivity contribution >= 4 is 12.2 Å². The van der Waals surface area contributed by atoms with Crippen LogP contribution in [0.1, 0.15) is 27.2 Å². The Balaban J connectivity index is 4.22. The molecule has 1 amide bonds. The highest BCUT2D eigenvalue weighted by Gasteiger charge is 2.23. The van der Waals surface area contributed by atoms with Crippen molar-refractivity contribution in [1.82, 2.24) is 5.48 Å². The van der Waals surface area contributed by atoms with Crippen LogP contribution < -0.4 is 5.48 Å². The van der Waals surface area contributed by atoms with Crippen LogP contribution in [0.5, 0.6) is 0 Å². The predicted molar refractivity (Wildman–Crippen MR) is 48.1 cm³/mol. The topological polar surface area (TPSA) is 66.4 Å². The predicted octanol–water partition coefficient (Wildman–Crippen LogP) is 0.989. The van der Waals surface area contributed by atoms with Crippen LogP contribution in [0.2, 0.25) is 0 Å². The quantitative estimate of drug-likeness (QED) is 0.383. The molecular formula is C9H17NO3. The summed E-state index contributed by atoms with van der Waals surface area (Å²) in [7, 11) is 0. The molecule has 0 aromatic heterocycles. The van der Waals surface area contributed by atoms with E-state index in [9.17, 15) is 9.59 Å². The van der Waals surface area contributed by atoms with Crippen LogP contribution in [0.3, 0.4) is 0 Å². The molecule has 0 radical (unpaired) electrons. The zero-order valence-corrected chi connectivity index (χ0v) is 8.28. The summed E-state index contributed by atoms with van der Waals surface area (Å²) in [4.78, 5) is 21.6. The molecule has 0 spiro atoms. The first-order valence-electron chi connectivity index (χ1n) is 4.42. The third-order valence-corrected chi connectivity index (χ3v) is 2.08. The van der Waals surface area contributed by atoms with Crippen LogP contribution in [-0.4, -0.2) is 17.4 Å². The van der Waals surface area contributed by atoms with Crippen molar-refractivity contribution in [3.05, 3.63) is 0 Å². The third kappa shape index (κ3) is 4.03. The van der Waals surface area contributed by atoms with E-state index in [-0.39, 0.29) is 5.92 Å². The molecular weight excluding hydrogens is 170 g/mol. The van der Waals surface area contributed by atoms with Crippen molar-refractivity contribution in [3.8, 4) is 0 Å². The lowest BCUT2D eigenvalue weighted by molar-refractivity contribution is -0.136. The molecule has 0 aliphatic heterocycles. The number of carbonyl (C=O) groups excluding carboxylic acids is 2. The summed E-state index contributed by atoms with van der Waals surface area (Å²) in [6.07, 6.45) is 1.44. The third-order valence-electron chi connectivity index (χ3n) is 2.08. The van der Waals surface area contributed by atoms with Gasteiger partial charge in [-0.3, -0.25) is 10.0 Å². The minimum atomic E-state index is -0.502. The minimum Gasteiger partial charge on any atom is -0.303 e. The van der Waals surface area contributed by atoms with Crippen LogP contribution in [0.15, 0.2) is 0 Å². The number of nitrogens with one attached hydrogen (secondary N) is 1. The van der Waals surface area contributed by atoms with Crippen LogP contribution in [0.4, 0.5) is 0 Å². The number of hydrogen-bond acceptors (Lipinski definition) is 3. The molecule has 13 heavy (non-hydrogen) atoms. The van der Waals surface area contributed by atoms with Gasteiger partial charge < -0.3 is 4.79 Å². The van der Waals surface area contributed by atoms with Crippen molar-refractivity contribution in [2.24, 2.45) is 17.8 Å². The molecule has 76 valence electrons. The van der Waals surface area contributed by atoms with Crippen molar-refractivity contribution < 1.29 is 14.8 Å². The second-order valence-electron chi connectivity index (χ2n) is 3.69.